The third-order valence-corrected chi connectivity index (χ3v) is 5.32. The number of ether oxygens (including phenoxy) is 1. The van der Waals surface area contributed by atoms with Crippen LogP contribution in [-0.2, 0) is 19.4 Å². The minimum atomic E-state index is -3.58. The molecule has 0 aliphatic rings. The minimum absolute atomic E-state index is 0.109. The Morgan fingerprint density at radius 3 is 2.44 bits per heavy atom. The molecule has 2 aromatic carbocycles. The summed E-state index contributed by atoms with van der Waals surface area (Å²) in [5.74, 6) is -1.34. The van der Waals surface area contributed by atoms with Crippen LogP contribution in [0.4, 0.5) is 5.69 Å². The van der Waals surface area contributed by atoms with Crippen LogP contribution in [0.3, 0.4) is 0 Å². The third-order valence-electron chi connectivity index (χ3n) is 3.34. The molecule has 0 spiro atoms. The zero-order valence-corrected chi connectivity index (χ0v) is 14.9. The van der Waals surface area contributed by atoms with E-state index < -0.39 is 21.7 Å². The largest absolute Gasteiger partial charge is 0.465 e. The highest BCUT2D eigenvalue weighted by molar-refractivity contribution is 7.91. The first kappa shape index (κ1) is 19.0. The topological polar surface area (TPSA) is 89.5 Å². The molecule has 1 amide bonds. The van der Waals surface area contributed by atoms with Crippen molar-refractivity contribution in [1.82, 2.24) is 0 Å². The molecule has 6 nitrogen and oxygen atoms in total. The molecule has 1 N–H and O–H groups in total. The fourth-order valence-electron chi connectivity index (χ4n) is 2.05. The highest BCUT2D eigenvalue weighted by Crippen LogP contribution is 2.17. The Balaban J connectivity index is 1.99. The molecule has 132 valence electrons. The van der Waals surface area contributed by atoms with E-state index in [9.17, 15) is 18.0 Å². The highest BCUT2D eigenvalue weighted by Gasteiger charge is 2.17. The second kappa shape index (κ2) is 8.13. The molecular formula is C17H16ClNO5S. The van der Waals surface area contributed by atoms with E-state index in [1.807, 2.05) is 0 Å². The van der Waals surface area contributed by atoms with Gasteiger partial charge in [0.15, 0.2) is 9.84 Å². The van der Waals surface area contributed by atoms with Crippen molar-refractivity contribution in [2.24, 2.45) is 0 Å². The molecule has 0 heterocycles. The van der Waals surface area contributed by atoms with E-state index in [2.05, 4.69) is 10.1 Å². The summed E-state index contributed by atoms with van der Waals surface area (Å²) >= 11 is 5.73. The van der Waals surface area contributed by atoms with E-state index in [0.717, 1.165) is 0 Å². The number of halogens is 1. The molecule has 8 heteroatoms. The van der Waals surface area contributed by atoms with Gasteiger partial charge in [-0.1, -0.05) is 17.7 Å². The van der Waals surface area contributed by atoms with E-state index in [1.165, 1.54) is 37.4 Å². The summed E-state index contributed by atoms with van der Waals surface area (Å²) in [6.45, 7) is 0. The highest BCUT2D eigenvalue weighted by atomic mass is 35.5. The first-order valence-corrected chi connectivity index (χ1v) is 9.31. The van der Waals surface area contributed by atoms with Gasteiger partial charge in [0.25, 0.3) is 0 Å². The summed E-state index contributed by atoms with van der Waals surface area (Å²) in [4.78, 5) is 23.6. The molecule has 0 aliphatic carbocycles. The van der Waals surface area contributed by atoms with E-state index in [0.29, 0.717) is 10.7 Å². The van der Waals surface area contributed by atoms with E-state index >= 15 is 0 Å². The van der Waals surface area contributed by atoms with Crippen molar-refractivity contribution in [2.75, 3.05) is 18.2 Å². The van der Waals surface area contributed by atoms with Crippen LogP contribution in [0.15, 0.2) is 53.4 Å². The molecule has 0 radical (unpaired) electrons. The van der Waals surface area contributed by atoms with Crippen molar-refractivity contribution < 1.29 is 22.7 Å². The van der Waals surface area contributed by atoms with Crippen molar-refractivity contribution in [1.29, 1.82) is 0 Å². The molecule has 0 fully saturated rings. The van der Waals surface area contributed by atoms with Crippen LogP contribution < -0.4 is 5.32 Å². The summed E-state index contributed by atoms with van der Waals surface area (Å²) in [6.07, 6.45) is -0.215. The van der Waals surface area contributed by atoms with Gasteiger partial charge in [-0.15, -0.1) is 0 Å². The molecule has 0 aromatic heterocycles. The van der Waals surface area contributed by atoms with Gasteiger partial charge in [0.05, 0.1) is 23.3 Å². The minimum Gasteiger partial charge on any atom is -0.465 e. The number of methoxy groups -OCH3 is 1. The van der Waals surface area contributed by atoms with Crippen molar-refractivity contribution >= 4 is 39.0 Å². The average molecular weight is 382 g/mol. The quantitative estimate of drug-likeness (QED) is 0.777. The first-order valence-electron chi connectivity index (χ1n) is 7.28. The van der Waals surface area contributed by atoms with Gasteiger partial charge in [-0.3, -0.25) is 4.79 Å². The predicted molar refractivity (Wildman–Crippen MR) is 94.5 cm³/mol. The van der Waals surface area contributed by atoms with E-state index in [-0.39, 0.29) is 22.6 Å². The van der Waals surface area contributed by atoms with Crippen molar-refractivity contribution in [3.05, 3.63) is 59.1 Å². The van der Waals surface area contributed by atoms with Gasteiger partial charge in [0, 0.05) is 17.1 Å². The summed E-state index contributed by atoms with van der Waals surface area (Å²) in [6, 6.07) is 11.9. The Bertz CT molecular complexity index is 878. The van der Waals surface area contributed by atoms with Crippen LogP contribution >= 0.6 is 11.6 Å². The Morgan fingerprint density at radius 2 is 1.80 bits per heavy atom. The molecule has 2 aromatic rings. The van der Waals surface area contributed by atoms with Crippen LogP contribution in [-0.4, -0.2) is 33.2 Å². The molecule has 0 atom stereocenters. The van der Waals surface area contributed by atoms with Gasteiger partial charge in [-0.05, 0) is 42.5 Å². The lowest BCUT2D eigenvalue weighted by Crippen LogP contribution is -2.17. The second-order valence-corrected chi connectivity index (χ2v) is 7.69. The lowest BCUT2D eigenvalue weighted by Gasteiger charge is -2.08. The van der Waals surface area contributed by atoms with E-state index in [4.69, 9.17) is 11.6 Å². The van der Waals surface area contributed by atoms with Crippen molar-refractivity contribution in [3.8, 4) is 0 Å². The summed E-state index contributed by atoms with van der Waals surface area (Å²) in [5, 5.41) is 2.99. The maximum Gasteiger partial charge on any atom is 0.337 e. The maximum atomic E-state index is 12.2. The lowest BCUT2D eigenvalue weighted by molar-refractivity contribution is -0.115. The van der Waals surface area contributed by atoms with Crippen LogP contribution in [0.25, 0.3) is 0 Å². The second-order valence-electron chi connectivity index (χ2n) is 5.14. The monoisotopic (exact) mass is 381 g/mol. The molecule has 0 saturated heterocycles. The number of carbonyl (C=O) groups is 2. The van der Waals surface area contributed by atoms with Crippen molar-refractivity contribution in [2.45, 2.75) is 11.3 Å². The number of anilines is 1. The lowest BCUT2D eigenvalue weighted by atomic mass is 10.2. The van der Waals surface area contributed by atoms with Gasteiger partial charge in [-0.25, -0.2) is 13.2 Å². The van der Waals surface area contributed by atoms with Crippen LogP contribution in [0.1, 0.15) is 16.8 Å². The molecule has 25 heavy (non-hydrogen) atoms. The Hall–Kier alpha value is -2.38. The fourth-order valence-corrected chi connectivity index (χ4v) is 3.42. The maximum absolute atomic E-state index is 12.2. The molecule has 0 bridgehead atoms. The van der Waals surface area contributed by atoms with Gasteiger partial charge in [0.2, 0.25) is 5.91 Å². The van der Waals surface area contributed by atoms with Crippen molar-refractivity contribution in [3.63, 3.8) is 0 Å². The molecule has 0 aliphatic heterocycles. The Morgan fingerprint density at radius 1 is 1.12 bits per heavy atom. The number of benzene rings is 2. The number of rotatable bonds is 6. The predicted octanol–water partition coefficient (Wildman–Crippen LogP) is 2.93. The number of esters is 1. The zero-order valence-electron chi connectivity index (χ0n) is 13.4. The number of sulfone groups is 1. The summed E-state index contributed by atoms with van der Waals surface area (Å²) < 4.78 is 29.0. The number of hydrogen-bond donors (Lipinski definition) is 1. The summed E-state index contributed by atoms with van der Waals surface area (Å²) in [5.41, 5.74) is 0.672. The number of hydrogen-bond acceptors (Lipinski definition) is 5. The number of amides is 1. The standard InChI is InChI=1S/C17H16ClNO5S/c1-24-17(21)12-3-2-4-14(11-12)19-16(20)9-10-25(22,23)15-7-5-13(18)6-8-15/h2-8,11H,9-10H2,1H3,(H,19,20). The molecular weight excluding hydrogens is 366 g/mol. The molecule has 0 saturated carbocycles. The van der Waals surface area contributed by atoms with Gasteiger partial charge >= 0.3 is 5.97 Å². The SMILES string of the molecule is COC(=O)c1cccc(NC(=O)CCS(=O)(=O)c2ccc(Cl)cc2)c1. The van der Waals surface area contributed by atoms with Crippen LogP contribution in [0.5, 0.6) is 0 Å². The van der Waals surface area contributed by atoms with Crippen LogP contribution in [0.2, 0.25) is 5.02 Å². The normalized spacial score (nSPS) is 11.0. The third kappa shape index (κ3) is 5.30. The zero-order chi connectivity index (χ0) is 18.4. The Labute approximate surface area is 150 Å². The van der Waals surface area contributed by atoms with Gasteiger partial charge in [0.1, 0.15) is 0 Å². The van der Waals surface area contributed by atoms with Crippen LogP contribution in [0, 0.1) is 0 Å². The number of nitrogens with one attached hydrogen (secondary N) is 1. The average Bonchev–Trinajstić information content (AvgIpc) is 2.60. The molecule has 2 rings (SSSR count). The first-order chi connectivity index (χ1) is 11.8. The van der Waals surface area contributed by atoms with Gasteiger partial charge < -0.3 is 10.1 Å². The Kier molecular flexibility index (Phi) is 6.17. The van der Waals surface area contributed by atoms with E-state index in [1.54, 1.807) is 18.2 Å². The van der Waals surface area contributed by atoms with Gasteiger partial charge in [-0.2, -0.15) is 0 Å². The summed E-state index contributed by atoms with van der Waals surface area (Å²) in [7, 11) is -2.32. The molecule has 0 unspecified atom stereocenters. The number of carbonyl (C=O) groups excluding carboxylic acids is 2. The smallest absolute Gasteiger partial charge is 0.337 e. The fraction of sp³-hybridized carbons (Fsp3) is 0.176.